The molecule has 0 amide bonds. The monoisotopic (exact) mass is 373 g/mol. The molecule has 0 bridgehead atoms. The van der Waals surface area contributed by atoms with Gasteiger partial charge in [0.25, 0.3) is 0 Å². The molecule has 0 aliphatic carbocycles. The van der Waals surface area contributed by atoms with Crippen molar-refractivity contribution in [3.05, 3.63) is 88.0 Å². The molecule has 0 saturated heterocycles. The van der Waals surface area contributed by atoms with Crippen LogP contribution in [-0.4, -0.2) is 6.27 Å². The molecule has 0 unspecified atom stereocenters. The molecular weight excluding hydrogens is 363 g/mol. The summed E-state index contributed by atoms with van der Waals surface area (Å²) >= 11 is -4.79. The summed E-state index contributed by atoms with van der Waals surface area (Å²) in [5, 5.41) is 23.0. The Labute approximate surface area is 113 Å². The third-order valence-corrected chi connectivity index (χ3v) is 9.67. The molecule has 0 heterocycles. The van der Waals surface area contributed by atoms with E-state index in [4.69, 9.17) is 0 Å². The SMILES string of the molecule is O=[N+]([O-])[I+](c1ccccc1)(c1ccccc1)[N+](=O)[O-]. The Kier molecular flexibility index (Phi) is 3.74. The van der Waals surface area contributed by atoms with Crippen molar-refractivity contribution >= 4 is 0 Å². The number of rotatable bonds is 4. The first-order valence-electron chi connectivity index (χ1n) is 5.27. The van der Waals surface area contributed by atoms with Gasteiger partial charge in [0.2, 0.25) is 0 Å². The summed E-state index contributed by atoms with van der Waals surface area (Å²) in [4.78, 5) is 23.0. The Morgan fingerprint density at radius 3 is 1.26 bits per heavy atom. The van der Waals surface area contributed by atoms with Crippen molar-refractivity contribution < 1.29 is 25.3 Å². The van der Waals surface area contributed by atoms with Crippen molar-refractivity contribution in [1.29, 1.82) is 0 Å². The zero-order valence-electron chi connectivity index (χ0n) is 9.68. The van der Waals surface area contributed by atoms with E-state index in [0.717, 1.165) is 0 Å². The van der Waals surface area contributed by atoms with E-state index in [1.165, 1.54) is 24.3 Å². The summed E-state index contributed by atoms with van der Waals surface area (Å²) in [6.07, 6.45) is 0. The van der Waals surface area contributed by atoms with Crippen LogP contribution in [0.25, 0.3) is 0 Å². The molecule has 19 heavy (non-hydrogen) atoms. The Morgan fingerprint density at radius 1 is 0.684 bits per heavy atom. The van der Waals surface area contributed by atoms with Crippen LogP contribution in [0.15, 0.2) is 60.7 Å². The third kappa shape index (κ3) is 2.16. The van der Waals surface area contributed by atoms with E-state index in [0.29, 0.717) is 0 Å². The normalized spacial score (nSPS) is 11.8. The fourth-order valence-electron chi connectivity index (χ4n) is 1.68. The zero-order valence-corrected chi connectivity index (χ0v) is 11.8. The van der Waals surface area contributed by atoms with Crippen LogP contribution in [0.1, 0.15) is 0 Å². The molecule has 2 aromatic carbocycles. The van der Waals surface area contributed by atoms with Crippen LogP contribution in [-0.2, 0) is 0 Å². The van der Waals surface area contributed by atoms with E-state index >= 15 is 0 Å². The van der Waals surface area contributed by atoms with Gasteiger partial charge in [-0.05, 0) is 0 Å². The van der Waals surface area contributed by atoms with Crippen molar-refractivity contribution in [2.45, 2.75) is 0 Å². The molecule has 2 aromatic rings. The fraction of sp³-hybridized carbons (Fsp3) is 0. The molecule has 2 rings (SSSR count). The van der Waals surface area contributed by atoms with Crippen molar-refractivity contribution in [1.82, 2.24) is 0 Å². The molecule has 0 saturated carbocycles. The number of nitrogens with zero attached hydrogens (tertiary/aromatic N) is 2. The Hall–Kier alpha value is -2.03. The van der Waals surface area contributed by atoms with Gasteiger partial charge in [0.15, 0.2) is 0 Å². The van der Waals surface area contributed by atoms with Crippen LogP contribution in [0.2, 0.25) is 0 Å². The zero-order chi connectivity index (χ0) is 13.9. The second-order valence-corrected chi connectivity index (χ2v) is 10.5. The predicted octanol–water partition coefficient (Wildman–Crippen LogP) is -0.730. The molecule has 7 heteroatoms. The van der Waals surface area contributed by atoms with Crippen LogP contribution >= 0.6 is 0 Å². The summed E-state index contributed by atoms with van der Waals surface area (Å²) in [7, 11) is 0. The first-order chi connectivity index (χ1) is 9.10. The molecule has 0 aliphatic rings. The molecule has 0 fully saturated rings. The third-order valence-electron chi connectivity index (χ3n) is 2.47. The van der Waals surface area contributed by atoms with Gasteiger partial charge in [0.1, 0.15) is 0 Å². The van der Waals surface area contributed by atoms with Crippen LogP contribution < -0.4 is 19.0 Å². The van der Waals surface area contributed by atoms with Crippen LogP contribution in [0, 0.1) is 27.4 Å². The summed E-state index contributed by atoms with van der Waals surface area (Å²) in [6.45, 7) is 0. The van der Waals surface area contributed by atoms with Gasteiger partial charge in [0.05, 0.1) is 0 Å². The number of hydrogen-bond donors (Lipinski definition) is 0. The van der Waals surface area contributed by atoms with E-state index in [1.807, 2.05) is 0 Å². The first kappa shape index (κ1) is 13.4. The van der Waals surface area contributed by atoms with Gasteiger partial charge >= 0.3 is 113 Å². The topological polar surface area (TPSA) is 86.3 Å². The molecule has 0 spiro atoms. The molecule has 0 N–H and O–H groups in total. The van der Waals surface area contributed by atoms with E-state index in [-0.39, 0.29) is 7.14 Å². The maximum atomic E-state index is 11.5. The second-order valence-electron chi connectivity index (χ2n) is 3.52. The molecule has 0 aliphatic heterocycles. The van der Waals surface area contributed by atoms with E-state index in [1.54, 1.807) is 36.4 Å². The fourth-order valence-corrected chi connectivity index (χ4v) is 7.34. The quantitative estimate of drug-likeness (QED) is 0.306. The molecule has 0 aromatic heterocycles. The summed E-state index contributed by atoms with van der Waals surface area (Å²) in [6, 6.07) is 15.6. The van der Waals surface area contributed by atoms with Gasteiger partial charge in [0, 0.05) is 0 Å². The van der Waals surface area contributed by atoms with E-state index < -0.39 is 25.3 Å². The van der Waals surface area contributed by atoms with Crippen molar-refractivity contribution in [2.75, 3.05) is 0 Å². The molecule has 0 radical (unpaired) electrons. The minimum atomic E-state index is -4.79. The van der Waals surface area contributed by atoms with Crippen LogP contribution in [0.3, 0.4) is 0 Å². The molecular formula is C12H10IN2O4+. The maximum absolute atomic E-state index is 11.5. The summed E-state index contributed by atoms with van der Waals surface area (Å²) in [5.41, 5.74) is 0. The standard InChI is InChI=1S/C12H10IN2O4/c16-14(17)13(15(18)19,11-7-3-1-4-8-11)12-9-5-2-6-10-12/h1-10H/q+1. The number of hydrogen-bond acceptors (Lipinski definition) is 4. The number of halogens is 1. The predicted molar refractivity (Wildman–Crippen MR) is 64.3 cm³/mol. The van der Waals surface area contributed by atoms with E-state index in [9.17, 15) is 20.2 Å². The van der Waals surface area contributed by atoms with Gasteiger partial charge in [-0.2, -0.15) is 0 Å². The van der Waals surface area contributed by atoms with Gasteiger partial charge in [-0.15, -0.1) is 0 Å². The summed E-state index contributed by atoms with van der Waals surface area (Å²) < 4.78 is -0.958. The molecule has 98 valence electrons. The average molecular weight is 373 g/mol. The first-order valence-corrected chi connectivity index (χ1v) is 9.35. The Bertz CT molecular complexity index is 548. The number of nitro groups is 2. The van der Waals surface area contributed by atoms with Crippen LogP contribution in [0.5, 0.6) is 0 Å². The van der Waals surface area contributed by atoms with Crippen LogP contribution in [0.4, 0.5) is 0 Å². The molecule has 0 atom stereocenters. The Balaban J connectivity index is 2.77. The minimum absolute atomic E-state index is 0.204. The van der Waals surface area contributed by atoms with Crippen molar-refractivity contribution in [3.8, 4) is 0 Å². The second kappa shape index (κ2) is 5.31. The van der Waals surface area contributed by atoms with Gasteiger partial charge < -0.3 is 0 Å². The molecule has 6 nitrogen and oxygen atoms in total. The Morgan fingerprint density at radius 2 is 1.00 bits per heavy atom. The van der Waals surface area contributed by atoms with Gasteiger partial charge in [-0.25, -0.2) is 0 Å². The average Bonchev–Trinajstić information content (AvgIpc) is 2.41. The van der Waals surface area contributed by atoms with Gasteiger partial charge in [-0.1, -0.05) is 0 Å². The van der Waals surface area contributed by atoms with Gasteiger partial charge in [-0.3, -0.25) is 0 Å². The summed E-state index contributed by atoms with van der Waals surface area (Å²) in [5.74, 6) is 0. The number of benzene rings is 2. The van der Waals surface area contributed by atoms with Crippen molar-refractivity contribution in [3.63, 3.8) is 0 Å². The van der Waals surface area contributed by atoms with Crippen molar-refractivity contribution in [2.24, 2.45) is 0 Å². The van der Waals surface area contributed by atoms with E-state index in [2.05, 4.69) is 0 Å².